The summed E-state index contributed by atoms with van der Waals surface area (Å²) in [5, 5.41) is 6.62. The van der Waals surface area contributed by atoms with Crippen molar-refractivity contribution >= 4 is 33.3 Å². The summed E-state index contributed by atoms with van der Waals surface area (Å²) in [4.78, 5) is 10.7. The lowest BCUT2D eigenvalue weighted by Gasteiger charge is -2.28. The van der Waals surface area contributed by atoms with Gasteiger partial charge in [0.2, 0.25) is 0 Å². The van der Waals surface area contributed by atoms with Crippen molar-refractivity contribution in [2.45, 2.75) is 6.04 Å². The molecule has 6 heteroatoms. The van der Waals surface area contributed by atoms with E-state index in [1.807, 2.05) is 36.2 Å². The number of hydrogen-bond donors (Lipinski definition) is 2. The van der Waals surface area contributed by atoms with Crippen LogP contribution in [0.4, 0.5) is 17.3 Å². The van der Waals surface area contributed by atoms with E-state index in [4.69, 9.17) is 0 Å². The molecule has 0 aliphatic carbocycles. The summed E-state index contributed by atoms with van der Waals surface area (Å²) in [6.07, 6.45) is 1.59. The monoisotopic (exact) mass is 333 g/mol. The van der Waals surface area contributed by atoms with Crippen LogP contribution in [0.25, 0.3) is 0 Å². The number of nitrogens with one attached hydrogen (secondary N) is 2. The van der Waals surface area contributed by atoms with Crippen molar-refractivity contribution < 1.29 is 0 Å². The number of anilines is 3. The molecule has 1 aliphatic heterocycles. The summed E-state index contributed by atoms with van der Waals surface area (Å²) < 4.78 is 1.04. The summed E-state index contributed by atoms with van der Waals surface area (Å²) >= 11 is 3.56. The fraction of sp³-hybridized carbons (Fsp3) is 0.286. The van der Waals surface area contributed by atoms with Gasteiger partial charge in [-0.05, 0) is 28.1 Å². The third-order valence-corrected chi connectivity index (χ3v) is 4.01. The SMILES string of the molecule is CN(c1cc(NC2CNC2)ncn1)c1ccccc1Br. The minimum atomic E-state index is 0.464. The molecule has 0 bridgehead atoms. The van der Waals surface area contributed by atoms with E-state index in [1.54, 1.807) is 6.33 Å². The van der Waals surface area contributed by atoms with Crippen molar-refractivity contribution in [2.75, 3.05) is 30.4 Å². The van der Waals surface area contributed by atoms with Gasteiger partial charge in [-0.2, -0.15) is 0 Å². The van der Waals surface area contributed by atoms with E-state index < -0.39 is 0 Å². The Morgan fingerprint density at radius 2 is 2.10 bits per heavy atom. The summed E-state index contributed by atoms with van der Waals surface area (Å²) in [6.45, 7) is 1.97. The van der Waals surface area contributed by atoms with E-state index in [0.29, 0.717) is 6.04 Å². The first kappa shape index (κ1) is 13.3. The highest BCUT2D eigenvalue weighted by atomic mass is 79.9. The van der Waals surface area contributed by atoms with Crippen LogP contribution < -0.4 is 15.5 Å². The number of halogens is 1. The lowest BCUT2D eigenvalue weighted by Crippen LogP contribution is -2.51. The number of hydrogen-bond acceptors (Lipinski definition) is 5. The largest absolute Gasteiger partial charge is 0.365 e. The molecule has 1 aromatic carbocycles. The summed E-state index contributed by atoms with van der Waals surface area (Å²) in [5.74, 6) is 1.72. The highest BCUT2D eigenvalue weighted by molar-refractivity contribution is 9.10. The van der Waals surface area contributed by atoms with E-state index in [9.17, 15) is 0 Å². The highest BCUT2D eigenvalue weighted by Crippen LogP contribution is 2.29. The van der Waals surface area contributed by atoms with Crippen LogP contribution in [0.5, 0.6) is 0 Å². The van der Waals surface area contributed by atoms with Gasteiger partial charge in [-0.25, -0.2) is 9.97 Å². The maximum absolute atomic E-state index is 4.35. The smallest absolute Gasteiger partial charge is 0.138 e. The molecule has 2 heterocycles. The molecule has 0 unspecified atom stereocenters. The van der Waals surface area contributed by atoms with Crippen molar-refractivity contribution in [3.8, 4) is 0 Å². The van der Waals surface area contributed by atoms with Gasteiger partial charge >= 0.3 is 0 Å². The van der Waals surface area contributed by atoms with Crippen LogP contribution >= 0.6 is 15.9 Å². The van der Waals surface area contributed by atoms with Crippen LogP contribution in [0.2, 0.25) is 0 Å². The summed E-state index contributed by atoms with van der Waals surface area (Å²) in [5.41, 5.74) is 1.07. The second-order valence-corrected chi connectivity index (χ2v) is 5.63. The Hall–Kier alpha value is -1.66. The predicted molar refractivity (Wildman–Crippen MR) is 84.5 cm³/mol. The first-order valence-corrected chi connectivity index (χ1v) is 7.31. The van der Waals surface area contributed by atoms with Gasteiger partial charge in [0, 0.05) is 30.7 Å². The van der Waals surface area contributed by atoms with Gasteiger partial charge in [-0.15, -0.1) is 0 Å². The average molecular weight is 334 g/mol. The molecule has 0 amide bonds. The van der Waals surface area contributed by atoms with Gasteiger partial charge in [-0.1, -0.05) is 12.1 Å². The topological polar surface area (TPSA) is 53.1 Å². The number of aromatic nitrogens is 2. The molecule has 0 spiro atoms. The minimum absolute atomic E-state index is 0.464. The first-order chi connectivity index (χ1) is 9.74. The number of nitrogens with zero attached hydrogens (tertiary/aromatic N) is 3. The number of para-hydroxylation sites is 1. The Labute approximate surface area is 126 Å². The zero-order chi connectivity index (χ0) is 13.9. The van der Waals surface area contributed by atoms with E-state index in [0.717, 1.165) is 34.9 Å². The summed E-state index contributed by atoms with van der Waals surface area (Å²) in [7, 11) is 2.00. The van der Waals surface area contributed by atoms with Crippen LogP contribution in [-0.2, 0) is 0 Å². The molecule has 2 N–H and O–H groups in total. The molecule has 1 aromatic heterocycles. The summed E-state index contributed by atoms with van der Waals surface area (Å²) in [6, 6.07) is 10.5. The van der Waals surface area contributed by atoms with Crippen molar-refractivity contribution in [2.24, 2.45) is 0 Å². The molecule has 1 saturated heterocycles. The molecule has 0 saturated carbocycles. The Bertz CT molecular complexity index is 600. The van der Waals surface area contributed by atoms with E-state index in [-0.39, 0.29) is 0 Å². The van der Waals surface area contributed by atoms with Crippen LogP contribution in [0.3, 0.4) is 0 Å². The third kappa shape index (κ3) is 2.76. The van der Waals surface area contributed by atoms with Crippen molar-refractivity contribution in [3.05, 3.63) is 41.1 Å². The van der Waals surface area contributed by atoms with Crippen molar-refractivity contribution in [1.82, 2.24) is 15.3 Å². The van der Waals surface area contributed by atoms with Gasteiger partial charge in [0.1, 0.15) is 18.0 Å². The molecule has 20 heavy (non-hydrogen) atoms. The van der Waals surface area contributed by atoms with Crippen LogP contribution in [0.15, 0.2) is 41.1 Å². The second kappa shape index (κ2) is 5.76. The normalized spacial score (nSPS) is 14.7. The maximum atomic E-state index is 4.35. The van der Waals surface area contributed by atoms with E-state index in [2.05, 4.69) is 42.6 Å². The number of benzene rings is 1. The van der Waals surface area contributed by atoms with Gasteiger partial charge in [-0.3, -0.25) is 0 Å². The highest BCUT2D eigenvalue weighted by Gasteiger charge is 2.17. The Morgan fingerprint density at radius 1 is 1.30 bits per heavy atom. The average Bonchev–Trinajstić information content (AvgIpc) is 2.43. The molecule has 104 valence electrons. The van der Waals surface area contributed by atoms with Gasteiger partial charge in [0.15, 0.2) is 0 Å². The lowest BCUT2D eigenvalue weighted by molar-refractivity contribution is 0.471. The fourth-order valence-corrected chi connectivity index (χ4v) is 2.61. The minimum Gasteiger partial charge on any atom is -0.365 e. The van der Waals surface area contributed by atoms with Gasteiger partial charge in [0.25, 0.3) is 0 Å². The second-order valence-electron chi connectivity index (χ2n) is 4.77. The number of rotatable bonds is 4. The van der Waals surface area contributed by atoms with Crippen LogP contribution in [0.1, 0.15) is 0 Å². The quantitative estimate of drug-likeness (QED) is 0.899. The standard InChI is InChI=1S/C14H16BrN5/c1-20(12-5-3-2-4-11(12)15)14-6-13(17-9-18-14)19-10-7-16-8-10/h2-6,9-10,16H,7-8H2,1H3,(H,17,18,19). The van der Waals surface area contributed by atoms with Crippen LogP contribution in [0, 0.1) is 0 Å². The third-order valence-electron chi connectivity index (χ3n) is 3.34. The van der Waals surface area contributed by atoms with Gasteiger partial charge in [0.05, 0.1) is 11.7 Å². The van der Waals surface area contributed by atoms with Gasteiger partial charge < -0.3 is 15.5 Å². The molecule has 5 nitrogen and oxygen atoms in total. The molecule has 2 aromatic rings. The molecular weight excluding hydrogens is 318 g/mol. The molecule has 1 aliphatic rings. The molecule has 1 fully saturated rings. The first-order valence-electron chi connectivity index (χ1n) is 6.51. The zero-order valence-corrected chi connectivity index (χ0v) is 12.8. The van der Waals surface area contributed by atoms with Crippen molar-refractivity contribution in [3.63, 3.8) is 0 Å². The molecule has 3 rings (SSSR count). The predicted octanol–water partition coefficient (Wildman–Crippen LogP) is 2.39. The lowest BCUT2D eigenvalue weighted by atomic mass is 10.2. The zero-order valence-electron chi connectivity index (χ0n) is 11.2. The fourth-order valence-electron chi connectivity index (χ4n) is 2.06. The Kier molecular flexibility index (Phi) is 3.84. The molecule has 0 atom stereocenters. The van der Waals surface area contributed by atoms with Crippen molar-refractivity contribution in [1.29, 1.82) is 0 Å². The maximum Gasteiger partial charge on any atom is 0.138 e. The molecular formula is C14H16BrN5. The van der Waals surface area contributed by atoms with E-state index >= 15 is 0 Å². The van der Waals surface area contributed by atoms with Crippen LogP contribution in [-0.4, -0.2) is 36.1 Å². The molecule has 0 radical (unpaired) electrons. The Morgan fingerprint density at radius 3 is 2.80 bits per heavy atom. The Balaban J connectivity index is 1.82. The van der Waals surface area contributed by atoms with E-state index in [1.165, 1.54) is 0 Å².